The van der Waals surface area contributed by atoms with Crippen LogP contribution >= 0.6 is 0 Å². The van der Waals surface area contributed by atoms with Crippen molar-refractivity contribution in [2.45, 2.75) is 69.2 Å². The highest BCUT2D eigenvalue weighted by Crippen LogP contribution is 2.47. The van der Waals surface area contributed by atoms with Gasteiger partial charge in [0.2, 0.25) is 0 Å². The number of nitrogens with zero attached hydrogens (tertiary/aromatic N) is 4. The van der Waals surface area contributed by atoms with Gasteiger partial charge in [-0.05, 0) is 77.6 Å². The minimum atomic E-state index is -2.42. The summed E-state index contributed by atoms with van der Waals surface area (Å²) in [6.07, 6.45) is 2.17. The summed E-state index contributed by atoms with van der Waals surface area (Å²) in [4.78, 5) is 26.9. The van der Waals surface area contributed by atoms with Gasteiger partial charge in [-0.25, -0.2) is 15.0 Å². The number of anilines is 1. The number of hydrogen-bond acceptors (Lipinski definition) is 9. The molecule has 0 spiro atoms. The number of aliphatic hydroxyl groups is 1. The van der Waals surface area contributed by atoms with E-state index in [1.165, 1.54) is 6.33 Å². The van der Waals surface area contributed by atoms with Gasteiger partial charge < -0.3 is 33.6 Å². The number of benzene rings is 4. The van der Waals surface area contributed by atoms with E-state index in [9.17, 15) is 9.90 Å². The Morgan fingerprint density at radius 1 is 0.807 bits per heavy atom. The Morgan fingerprint density at radius 3 is 1.93 bits per heavy atom. The van der Waals surface area contributed by atoms with Crippen molar-refractivity contribution in [3.05, 3.63) is 144 Å². The molecule has 11 nitrogen and oxygen atoms in total. The Kier molecular flexibility index (Phi) is 11.3. The predicted molar refractivity (Wildman–Crippen MR) is 223 cm³/mol. The molecule has 6 aromatic rings. The molecule has 1 aliphatic carbocycles. The van der Waals surface area contributed by atoms with Crippen molar-refractivity contribution in [1.29, 1.82) is 0 Å². The average molecular weight is 786 g/mol. The molecule has 4 aromatic carbocycles. The molecule has 0 aliphatic heterocycles. The van der Waals surface area contributed by atoms with E-state index in [2.05, 4.69) is 61.3 Å². The van der Waals surface area contributed by atoms with Crippen LogP contribution in [0.4, 0.5) is 5.82 Å². The molecule has 2 heterocycles. The SMILES string of the molecule is COc1ccc(C(OC[C@H]2C[C@@H](n3cnc4c(NC(=O)c5ccccc5)ncnc43)C(O[Si](C)(C)C(C)(C)C)[C@@H]2O)(c2ccccc2)c2ccc(OC)cc2)cc1. The van der Waals surface area contributed by atoms with Crippen molar-refractivity contribution in [3.63, 3.8) is 0 Å². The highest BCUT2D eigenvalue weighted by atomic mass is 28.4. The van der Waals surface area contributed by atoms with Gasteiger partial charge in [0.1, 0.15) is 23.4 Å². The zero-order valence-electron chi connectivity index (χ0n) is 33.5. The number of aromatic nitrogens is 4. The van der Waals surface area contributed by atoms with Gasteiger partial charge in [-0.1, -0.05) is 93.6 Å². The molecule has 2 aromatic heterocycles. The molecular formula is C45H51N5O6Si. The van der Waals surface area contributed by atoms with Gasteiger partial charge in [-0.15, -0.1) is 0 Å². The van der Waals surface area contributed by atoms with E-state index in [1.54, 1.807) is 32.7 Å². The molecule has 1 unspecified atom stereocenters. The lowest BCUT2D eigenvalue weighted by Crippen LogP contribution is -2.48. The van der Waals surface area contributed by atoms with Crippen molar-refractivity contribution >= 4 is 31.2 Å². The lowest BCUT2D eigenvalue weighted by molar-refractivity contribution is -0.0470. The lowest BCUT2D eigenvalue weighted by Gasteiger charge is -2.41. The first-order chi connectivity index (χ1) is 27.4. The fourth-order valence-corrected chi connectivity index (χ4v) is 8.78. The molecule has 7 rings (SSSR count). The molecule has 0 saturated heterocycles. The molecule has 4 atom stereocenters. The summed E-state index contributed by atoms with van der Waals surface area (Å²) in [5, 5.41) is 15.2. The van der Waals surface area contributed by atoms with Crippen LogP contribution in [0.3, 0.4) is 0 Å². The minimum absolute atomic E-state index is 0.120. The van der Waals surface area contributed by atoms with Crippen LogP contribution in [0.15, 0.2) is 122 Å². The predicted octanol–water partition coefficient (Wildman–Crippen LogP) is 8.42. The first kappa shape index (κ1) is 39.8. The monoisotopic (exact) mass is 785 g/mol. The van der Waals surface area contributed by atoms with Gasteiger partial charge in [-0.3, -0.25) is 4.79 Å². The van der Waals surface area contributed by atoms with E-state index in [-0.39, 0.29) is 29.5 Å². The molecule has 12 heteroatoms. The summed E-state index contributed by atoms with van der Waals surface area (Å²) in [6, 6.07) is 34.6. The number of aliphatic hydroxyl groups excluding tert-OH is 1. The fourth-order valence-electron chi connectivity index (χ4n) is 7.44. The van der Waals surface area contributed by atoms with Crippen molar-refractivity contribution < 1.29 is 28.5 Å². The second-order valence-corrected chi connectivity index (χ2v) is 20.8. The zero-order valence-corrected chi connectivity index (χ0v) is 34.5. The molecule has 296 valence electrons. The summed E-state index contributed by atoms with van der Waals surface area (Å²) in [5.74, 6) is 1.12. The van der Waals surface area contributed by atoms with E-state index < -0.39 is 26.1 Å². The van der Waals surface area contributed by atoms with Gasteiger partial charge >= 0.3 is 0 Å². The fraction of sp³-hybridized carbons (Fsp3) is 0.333. The number of hydrogen-bond donors (Lipinski definition) is 2. The van der Waals surface area contributed by atoms with E-state index in [1.807, 2.05) is 89.5 Å². The quantitative estimate of drug-likeness (QED) is 0.0876. The Bertz CT molecular complexity index is 2230. The number of fused-ring (bicyclic) bond motifs is 1. The molecule has 1 saturated carbocycles. The number of nitrogens with one attached hydrogen (secondary N) is 1. The molecule has 1 fully saturated rings. The molecule has 0 radical (unpaired) electrons. The number of rotatable bonds is 13. The number of imidazole rings is 1. The smallest absolute Gasteiger partial charge is 0.256 e. The summed E-state index contributed by atoms with van der Waals surface area (Å²) < 4.78 is 27.5. The largest absolute Gasteiger partial charge is 0.497 e. The van der Waals surface area contributed by atoms with Crippen molar-refractivity contribution in [1.82, 2.24) is 19.5 Å². The van der Waals surface area contributed by atoms with Crippen LogP contribution in [0, 0.1) is 5.92 Å². The van der Waals surface area contributed by atoms with Gasteiger partial charge in [0, 0.05) is 11.5 Å². The number of ether oxygens (including phenoxy) is 3. The van der Waals surface area contributed by atoms with Crippen LogP contribution < -0.4 is 14.8 Å². The Labute approximate surface area is 335 Å². The van der Waals surface area contributed by atoms with E-state index in [0.29, 0.717) is 29.0 Å². The topological polar surface area (TPSA) is 130 Å². The Balaban J connectivity index is 1.28. The van der Waals surface area contributed by atoms with E-state index in [0.717, 1.165) is 28.2 Å². The number of carbonyl (C=O) groups excluding carboxylic acids is 1. The molecule has 0 bridgehead atoms. The van der Waals surface area contributed by atoms with Crippen LogP contribution in [0.2, 0.25) is 18.1 Å². The summed E-state index contributed by atoms with van der Waals surface area (Å²) in [7, 11) is 0.882. The van der Waals surface area contributed by atoms with Crippen LogP contribution in [0.5, 0.6) is 11.5 Å². The second kappa shape index (κ2) is 16.2. The zero-order chi connectivity index (χ0) is 40.4. The summed E-state index contributed by atoms with van der Waals surface area (Å²) in [6.45, 7) is 11.2. The second-order valence-electron chi connectivity index (χ2n) is 16.1. The molecule has 1 amide bonds. The van der Waals surface area contributed by atoms with E-state index >= 15 is 0 Å². The maximum Gasteiger partial charge on any atom is 0.256 e. The van der Waals surface area contributed by atoms with Crippen LogP contribution in [-0.2, 0) is 14.8 Å². The Hall–Kier alpha value is -5.40. The third-order valence-corrected chi connectivity index (χ3v) is 16.1. The molecule has 1 aliphatic rings. The maximum absolute atomic E-state index is 13.2. The highest BCUT2D eigenvalue weighted by molar-refractivity contribution is 6.74. The molecular weight excluding hydrogens is 735 g/mol. The summed E-state index contributed by atoms with van der Waals surface area (Å²) >= 11 is 0. The standard InChI is InChI=1S/C45H51N5O6Si/c1-44(2,3)57(6,7)56-40-37(50-29-48-38-41(46-28-47-42(38)50)49-43(52)30-14-10-8-11-15-30)26-31(39(40)51)27-55-45(32-16-12-9-13-17-32,33-18-22-35(53-4)23-19-33)34-20-24-36(54-5)25-21-34/h8-25,28-29,31,37,39-40,51H,26-27H2,1-7H3,(H,46,47,49,52)/t31-,37-,39-,40?/m1/s1. The van der Waals surface area contributed by atoms with Crippen molar-refractivity contribution in [2.24, 2.45) is 5.92 Å². The first-order valence-electron chi connectivity index (χ1n) is 19.2. The third kappa shape index (κ3) is 7.82. The molecule has 2 N–H and O–H groups in total. The van der Waals surface area contributed by atoms with Crippen molar-refractivity contribution in [3.8, 4) is 11.5 Å². The third-order valence-electron chi connectivity index (χ3n) is 11.7. The number of methoxy groups -OCH3 is 2. The van der Waals surface area contributed by atoms with Crippen LogP contribution in [0.1, 0.15) is 60.3 Å². The van der Waals surface area contributed by atoms with Crippen LogP contribution in [0.25, 0.3) is 11.2 Å². The van der Waals surface area contributed by atoms with Gasteiger partial charge in [0.25, 0.3) is 5.91 Å². The van der Waals surface area contributed by atoms with Gasteiger partial charge in [-0.2, -0.15) is 0 Å². The maximum atomic E-state index is 13.2. The number of carbonyl (C=O) groups is 1. The highest BCUT2D eigenvalue weighted by Gasteiger charge is 2.51. The van der Waals surface area contributed by atoms with Gasteiger partial charge in [0.05, 0.1) is 45.4 Å². The van der Waals surface area contributed by atoms with E-state index in [4.69, 9.17) is 23.6 Å². The summed E-state index contributed by atoms with van der Waals surface area (Å²) in [5.41, 5.74) is 3.16. The normalized spacial score (nSPS) is 18.7. The average Bonchev–Trinajstić information content (AvgIpc) is 3.79. The van der Waals surface area contributed by atoms with Gasteiger partial charge in [0.15, 0.2) is 25.3 Å². The molecule has 57 heavy (non-hydrogen) atoms. The Morgan fingerprint density at radius 2 is 1.37 bits per heavy atom. The minimum Gasteiger partial charge on any atom is -0.497 e. The van der Waals surface area contributed by atoms with Crippen molar-refractivity contribution in [2.75, 3.05) is 26.1 Å². The first-order valence-corrected chi connectivity index (χ1v) is 22.2. The number of amides is 1. The lowest BCUT2D eigenvalue weighted by atomic mass is 9.79. The van der Waals surface area contributed by atoms with Crippen LogP contribution in [-0.4, -0.2) is 71.9 Å².